The van der Waals surface area contributed by atoms with E-state index in [2.05, 4.69) is 62.3 Å². The van der Waals surface area contributed by atoms with Gasteiger partial charge >= 0.3 is 0 Å². The largest absolute Gasteiger partial charge is 0.241 e. The minimum absolute atomic E-state index is 0.787. The van der Waals surface area contributed by atoms with Crippen molar-refractivity contribution in [2.24, 2.45) is 0 Å². The van der Waals surface area contributed by atoms with E-state index in [1.54, 1.807) is 0 Å². The Bertz CT molecular complexity index is 743. The van der Waals surface area contributed by atoms with Crippen LogP contribution in [0, 0.1) is 0 Å². The number of hydrogen-bond donors (Lipinski definition) is 0. The lowest BCUT2D eigenvalue weighted by Gasteiger charge is -2.02. The fourth-order valence-electron chi connectivity index (χ4n) is 2.63. The van der Waals surface area contributed by atoms with Crippen molar-refractivity contribution in [3.63, 3.8) is 0 Å². The van der Waals surface area contributed by atoms with Gasteiger partial charge in [-0.05, 0) is 65.5 Å². The van der Waals surface area contributed by atoms with Gasteiger partial charge in [-0.15, -0.1) is 5.10 Å². The molecule has 0 radical (unpaired) electrons. The Hall–Kier alpha value is -2.16. The van der Waals surface area contributed by atoms with Crippen molar-refractivity contribution in [2.75, 3.05) is 0 Å². The van der Waals surface area contributed by atoms with Gasteiger partial charge in [-0.25, -0.2) is 4.68 Å². The van der Waals surface area contributed by atoms with Gasteiger partial charge in [-0.2, -0.15) is 0 Å². The van der Waals surface area contributed by atoms with Gasteiger partial charge in [0.05, 0.1) is 12.1 Å². The first-order chi connectivity index (χ1) is 11.6. The van der Waals surface area contributed by atoms with E-state index in [9.17, 15) is 0 Å². The highest BCUT2D eigenvalue weighted by molar-refractivity contribution is 5.73. The minimum atomic E-state index is 0.787. The Kier molecular flexibility index (Phi) is 6.98. The van der Waals surface area contributed by atoms with E-state index in [4.69, 9.17) is 0 Å². The number of hydrogen-bond acceptors (Lipinski definition) is 2. The fraction of sp³-hybridized carbons (Fsp3) is 0.429. The lowest BCUT2D eigenvalue weighted by atomic mass is 10.1. The lowest BCUT2D eigenvalue weighted by molar-refractivity contribution is 0.677. The zero-order valence-electron chi connectivity index (χ0n) is 15.4. The maximum atomic E-state index is 4.23. The standard InChI is InChI=1S/C21H29N3/c1-17(2)9-7-10-18(3)11-8-12-19(4)15-16-24-21-14-6-5-13-20(21)22-23-24/h5-6,9,11,13-15H,7-8,10,12,16H2,1-4H3/b18-11+,19-15+. The molecule has 0 bridgehead atoms. The highest BCUT2D eigenvalue weighted by atomic mass is 15.4. The predicted molar refractivity (Wildman–Crippen MR) is 103 cm³/mol. The van der Waals surface area contributed by atoms with Crippen molar-refractivity contribution >= 4 is 11.0 Å². The molecule has 24 heavy (non-hydrogen) atoms. The normalized spacial score (nSPS) is 12.7. The van der Waals surface area contributed by atoms with Gasteiger partial charge < -0.3 is 0 Å². The van der Waals surface area contributed by atoms with Crippen LogP contribution < -0.4 is 0 Å². The molecule has 0 aliphatic rings. The second-order valence-electron chi connectivity index (χ2n) is 6.72. The summed E-state index contributed by atoms with van der Waals surface area (Å²) in [5, 5.41) is 8.42. The summed E-state index contributed by atoms with van der Waals surface area (Å²) in [5.41, 5.74) is 6.35. The van der Waals surface area contributed by atoms with Crippen LogP contribution in [-0.4, -0.2) is 15.0 Å². The van der Waals surface area contributed by atoms with Gasteiger partial charge in [-0.1, -0.05) is 52.3 Å². The number of benzene rings is 1. The summed E-state index contributed by atoms with van der Waals surface area (Å²) >= 11 is 0. The van der Waals surface area contributed by atoms with E-state index in [0.717, 1.165) is 36.8 Å². The molecular formula is C21H29N3. The predicted octanol–water partition coefficient (Wildman–Crippen LogP) is 5.85. The molecule has 0 unspecified atom stereocenters. The second-order valence-corrected chi connectivity index (χ2v) is 6.72. The summed E-state index contributed by atoms with van der Waals surface area (Å²) in [6.45, 7) is 9.54. The summed E-state index contributed by atoms with van der Waals surface area (Å²) in [7, 11) is 0. The van der Waals surface area contributed by atoms with Crippen LogP contribution in [-0.2, 0) is 6.54 Å². The molecule has 1 aromatic carbocycles. The fourth-order valence-corrected chi connectivity index (χ4v) is 2.63. The van der Waals surface area contributed by atoms with Gasteiger partial charge in [0.1, 0.15) is 5.52 Å². The topological polar surface area (TPSA) is 30.7 Å². The number of fused-ring (bicyclic) bond motifs is 1. The van der Waals surface area contributed by atoms with Crippen LogP contribution in [0.3, 0.4) is 0 Å². The molecule has 3 heteroatoms. The molecule has 2 rings (SSSR count). The van der Waals surface area contributed by atoms with Crippen molar-refractivity contribution in [3.8, 4) is 0 Å². The van der Waals surface area contributed by atoms with Crippen LogP contribution in [0.2, 0.25) is 0 Å². The van der Waals surface area contributed by atoms with Crippen LogP contribution in [0.5, 0.6) is 0 Å². The molecule has 1 heterocycles. The molecule has 3 nitrogen and oxygen atoms in total. The summed E-state index contributed by atoms with van der Waals surface area (Å²) in [6.07, 6.45) is 11.5. The van der Waals surface area contributed by atoms with E-state index in [1.165, 1.54) is 23.1 Å². The summed E-state index contributed by atoms with van der Waals surface area (Å²) < 4.78 is 1.96. The summed E-state index contributed by atoms with van der Waals surface area (Å²) in [4.78, 5) is 0. The Labute approximate surface area is 145 Å². The quantitative estimate of drug-likeness (QED) is 0.570. The highest BCUT2D eigenvalue weighted by Gasteiger charge is 2.01. The molecule has 0 saturated carbocycles. The highest BCUT2D eigenvalue weighted by Crippen LogP contribution is 2.13. The Morgan fingerprint density at radius 1 is 0.917 bits per heavy atom. The Morgan fingerprint density at radius 3 is 2.33 bits per heavy atom. The molecule has 0 spiro atoms. The molecule has 0 atom stereocenters. The summed E-state index contributed by atoms with van der Waals surface area (Å²) in [5.74, 6) is 0. The lowest BCUT2D eigenvalue weighted by Crippen LogP contribution is -1.98. The van der Waals surface area contributed by atoms with Crippen molar-refractivity contribution in [1.29, 1.82) is 0 Å². The molecule has 0 N–H and O–H groups in total. The van der Waals surface area contributed by atoms with Crippen LogP contribution in [0.25, 0.3) is 11.0 Å². The van der Waals surface area contributed by atoms with Crippen molar-refractivity contribution in [1.82, 2.24) is 15.0 Å². The van der Waals surface area contributed by atoms with Crippen molar-refractivity contribution < 1.29 is 0 Å². The van der Waals surface area contributed by atoms with Gasteiger partial charge in [0.15, 0.2) is 0 Å². The first-order valence-electron chi connectivity index (χ1n) is 8.79. The van der Waals surface area contributed by atoms with E-state index in [-0.39, 0.29) is 0 Å². The molecule has 0 fully saturated rings. The van der Waals surface area contributed by atoms with E-state index < -0.39 is 0 Å². The van der Waals surface area contributed by atoms with E-state index in [1.807, 2.05) is 22.9 Å². The Morgan fingerprint density at radius 2 is 1.58 bits per heavy atom. The monoisotopic (exact) mass is 323 g/mol. The number of aromatic nitrogens is 3. The SMILES string of the molecule is CC(C)=CCC/C(C)=C/CC/C(C)=C/Cn1nnc2ccccc21. The third-order valence-electron chi connectivity index (χ3n) is 4.16. The third-order valence-corrected chi connectivity index (χ3v) is 4.16. The summed E-state index contributed by atoms with van der Waals surface area (Å²) in [6, 6.07) is 8.09. The Balaban J connectivity index is 1.81. The molecule has 1 aromatic heterocycles. The molecule has 0 aliphatic carbocycles. The van der Waals surface area contributed by atoms with E-state index >= 15 is 0 Å². The van der Waals surface area contributed by atoms with Crippen LogP contribution in [0.15, 0.2) is 59.2 Å². The first kappa shape index (κ1) is 18.2. The first-order valence-corrected chi connectivity index (χ1v) is 8.79. The van der Waals surface area contributed by atoms with Crippen molar-refractivity contribution in [3.05, 3.63) is 59.2 Å². The maximum absolute atomic E-state index is 4.23. The van der Waals surface area contributed by atoms with Gasteiger partial charge in [0.2, 0.25) is 0 Å². The van der Waals surface area contributed by atoms with Gasteiger partial charge in [-0.3, -0.25) is 0 Å². The molecule has 0 saturated heterocycles. The van der Waals surface area contributed by atoms with Crippen LogP contribution in [0.4, 0.5) is 0 Å². The number of rotatable bonds is 8. The minimum Gasteiger partial charge on any atom is -0.241 e. The average molecular weight is 323 g/mol. The second kappa shape index (κ2) is 9.21. The maximum Gasteiger partial charge on any atom is 0.113 e. The molecule has 0 amide bonds. The molecule has 0 aliphatic heterocycles. The van der Waals surface area contributed by atoms with Crippen LogP contribution >= 0.6 is 0 Å². The smallest absolute Gasteiger partial charge is 0.113 e. The molecule has 128 valence electrons. The van der Waals surface area contributed by atoms with Gasteiger partial charge in [0, 0.05) is 0 Å². The number of nitrogens with zero attached hydrogens (tertiary/aromatic N) is 3. The third kappa shape index (κ3) is 5.80. The molecular weight excluding hydrogens is 294 g/mol. The van der Waals surface area contributed by atoms with Crippen LogP contribution in [0.1, 0.15) is 53.4 Å². The van der Waals surface area contributed by atoms with Gasteiger partial charge in [0.25, 0.3) is 0 Å². The van der Waals surface area contributed by atoms with Crippen molar-refractivity contribution in [2.45, 2.75) is 59.9 Å². The average Bonchev–Trinajstić information content (AvgIpc) is 2.96. The molecule has 2 aromatic rings. The number of allylic oxidation sites excluding steroid dienone is 6. The zero-order chi connectivity index (χ0) is 17.4. The van der Waals surface area contributed by atoms with E-state index in [0.29, 0.717) is 0 Å². The zero-order valence-corrected chi connectivity index (χ0v) is 15.4. The number of para-hydroxylation sites is 1.